The number of thiocarbonyl (C=S) groups is 1. The lowest BCUT2D eigenvalue weighted by atomic mass is 10.2. The van der Waals surface area contributed by atoms with Crippen LogP contribution in [0.4, 0.5) is 22.7 Å². The monoisotopic (exact) mass is 338 g/mol. The molecule has 124 valence electrons. The maximum atomic E-state index is 4.58. The van der Waals surface area contributed by atoms with E-state index in [1.54, 1.807) is 0 Å². The van der Waals surface area contributed by atoms with Crippen LogP contribution < -0.4 is 4.90 Å². The van der Waals surface area contributed by atoms with Crippen molar-refractivity contribution in [3.63, 3.8) is 0 Å². The van der Waals surface area contributed by atoms with Crippen LogP contribution in [-0.4, -0.2) is 17.2 Å². The fourth-order valence-corrected chi connectivity index (χ4v) is 2.75. The molecule has 2 aromatic carbocycles. The number of hydrogen-bond donors (Lipinski definition) is 0. The van der Waals surface area contributed by atoms with E-state index in [4.69, 9.17) is 0 Å². The molecule has 0 aliphatic carbocycles. The summed E-state index contributed by atoms with van der Waals surface area (Å²) in [6.07, 6.45) is 0. The van der Waals surface area contributed by atoms with Crippen LogP contribution >= 0.6 is 12.2 Å². The van der Waals surface area contributed by atoms with Crippen LogP contribution in [0, 0.1) is 0 Å². The van der Waals surface area contributed by atoms with Crippen LogP contribution in [0.3, 0.4) is 0 Å². The zero-order valence-electron chi connectivity index (χ0n) is 14.5. The molecule has 2 aromatic rings. The van der Waals surface area contributed by atoms with E-state index in [0.29, 0.717) is 12.1 Å². The second-order valence-electron chi connectivity index (χ2n) is 6.03. The Morgan fingerprint density at radius 2 is 1.17 bits per heavy atom. The summed E-state index contributed by atoms with van der Waals surface area (Å²) < 4.78 is 0. The minimum absolute atomic E-state index is 0.450. The Kier molecular flexibility index (Phi) is 6.36. The third-order valence-corrected chi connectivity index (χ3v) is 3.66. The summed E-state index contributed by atoms with van der Waals surface area (Å²) in [5.74, 6) is 0. The fraction of sp³-hybridized carbons (Fsp3) is 0.316. The number of rotatable bonds is 6. The third kappa shape index (κ3) is 4.82. The minimum Gasteiger partial charge on any atom is -0.367 e. The predicted molar refractivity (Wildman–Crippen MR) is 104 cm³/mol. The van der Waals surface area contributed by atoms with Crippen molar-refractivity contribution in [1.29, 1.82) is 0 Å². The van der Waals surface area contributed by atoms with Gasteiger partial charge >= 0.3 is 0 Å². The highest BCUT2D eigenvalue weighted by Crippen LogP contribution is 2.25. The van der Waals surface area contributed by atoms with E-state index in [1.165, 1.54) is 5.69 Å². The normalized spacial score (nSPS) is 11.1. The number of benzene rings is 2. The maximum absolute atomic E-state index is 4.58. The number of anilines is 1. The molecule has 0 N–H and O–H groups in total. The van der Waals surface area contributed by atoms with E-state index < -0.39 is 0 Å². The molecule has 0 atom stereocenters. The van der Waals surface area contributed by atoms with Crippen LogP contribution in [0.2, 0.25) is 0 Å². The highest BCUT2D eigenvalue weighted by molar-refractivity contribution is 7.78. The molecule has 0 saturated carbocycles. The quantitative estimate of drug-likeness (QED) is 0.344. The van der Waals surface area contributed by atoms with Crippen LogP contribution in [0.25, 0.3) is 0 Å². The summed E-state index contributed by atoms with van der Waals surface area (Å²) >= 11 is 4.58. The van der Waals surface area contributed by atoms with Gasteiger partial charge in [0.1, 0.15) is 0 Å². The van der Waals surface area contributed by atoms with Gasteiger partial charge in [-0.2, -0.15) is 15.2 Å². The molecule has 0 bridgehead atoms. The van der Waals surface area contributed by atoms with E-state index in [2.05, 4.69) is 77.3 Å². The van der Waals surface area contributed by atoms with E-state index in [9.17, 15) is 0 Å². The first-order valence-corrected chi connectivity index (χ1v) is 8.40. The van der Waals surface area contributed by atoms with Gasteiger partial charge in [-0.15, -0.1) is 0 Å². The summed E-state index contributed by atoms with van der Waals surface area (Å²) in [6.45, 7) is 8.80. The first kappa shape index (κ1) is 18.0. The summed E-state index contributed by atoms with van der Waals surface area (Å²) in [4.78, 5) is 6.28. The lowest BCUT2D eigenvalue weighted by molar-refractivity contribution is 0.608. The van der Waals surface area contributed by atoms with Crippen molar-refractivity contribution in [2.45, 2.75) is 39.8 Å². The average molecular weight is 338 g/mol. The van der Waals surface area contributed by atoms with Gasteiger partial charge in [-0.25, -0.2) is 0 Å². The smallest absolute Gasteiger partial charge is 0.0858 e. The van der Waals surface area contributed by atoms with Gasteiger partial charge < -0.3 is 4.90 Å². The van der Waals surface area contributed by atoms with Crippen molar-refractivity contribution in [2.75, 3.05) is 4.90 Å². The molecule has 0 heterocycles. The molecule has 0 spiro atoms. The number of isothiocyanates is 1. The molecule has 4 nitrogen and oxygen atoms in total. The molecule has 0 fully saturated rings. The second kappa shape index (κ2) is 8.48. The van der Waals surface area contributed by atoms with Gasteiger partial charge in [-0.05, 0) is 88.4 Å². The molecule has 5 heteroatoms. The Morgan fingerprint density at radius 1 is 0.750 bits per heavy atom. The molecule has 0 unspecified atom stereocenters. The molecule has 2 rings (SSSR count). The van der Waals surface area contributed by atoms with Gasteiger partial charge in [0, 0.05) is 17.8 Å². The van der Waals surface area contributed by atoms with Gasteiger partial charge in [-0.3, -0.25) is 0 Å². The Balaban J connectivity index is 2.12. The minimum atomic E-state index is 0.450. The van der Waals surface area contributed by atoms with Crippen LogP contribution in [-0.2, 0) is 0 Å². The third-order valence-electron chi connectivity index (χ3n) is 3.57. The largest absolute Gasteiger partial charge is 0.367 e. The second-order valence-corrected chi connectivity index (χ2v) is 6.21. The van der Waals surface area contributed by atoms with Crippen molar-refractivity contribution >= 4 is 40.1 Å². The standard InChI is InChI=1S/C19H22N4S/c1-14(2)23(15(3)4)19-11-9-18(10-12-19)22-21-17-7-5-16(6-8-17)20-13-24/h5-12,14-15H,1-4H3. The Bertz CT molecular complexity index is 719. The molecule has 0 aromatic heterocycles. The summed E-state index contributed by atoms with van der Waals surface area (Å²) in [6, 6.07) is 16.4. The highest BCUT2D eigenvalue weighted by Gasteiger charge is 2.13. The van der Waals surface area contributed by atoms with Crippen LogP contribution in [0.1, 0.15) is 27.7 Å². The number of nitrogens with zero attached hydrogens (tertiary/aromatic N) is 4. The zero-order chi connectivity index (χ0) is 17.5. The molecular formula is C19H22N4S. The van der Waals surface area contributed by atoms with Crippen molar-refractivity contribution in [3.05, 3.63) is 48.5 Å². The first-order chi connectivity index (χ1) is 11.5. The molecule has 0 radical (unpaired) electrons. The predicted octanol–water partition coefficient (Wildman–Crippen LogP) is 6.46. The van der Waals surface area contributed by atoms with E-state index in [0.717, 1.165) is 17.1 Å². The molecular weight excluding hydrogens is 316 g/mol. The van der Waals surface area contributed by atoms with Gasteiger partial charge in [0.25, 0.3) is 0 Å². The number of azo groups is 1. The lowest BCUT2D eigenvalue weighted by Gasteiger charge is -2.33. The number of aliphatic imine (C=N–C) groups is 1. The van der Waals surface area contributed by atoms with Crippen molar-refractivity contribution in [1.82, 2.24) is 0 Å². The Hall–Kier alpha value is -2.36. The maximum Gasteiger partial charge on any atom is 0.0858 e. The average Bonchev–Trinajstić information content (AvgIpc) is 2.55. The van der Waals surface area contributed by atoms with Crippen molar-refractivity contribution in [3.8, 4) is 0 Å². The molecule has 24 heavy (non-hydrogen) atoms. The van der Waals surface area contributed by atoms with Gasteiger partial charge in [-0.1, -0.05) is 0 Å². The molecule has 0 saturated heterocycles. The summed E-state index contributed by atoms with van der Waals surface area (Å²) in [5, 5.41) is 10.9. The van der Waals surface area contributed by atoms with E-state index >= 15 is 0 Å². The van der Waals surface area contributed by atoms with E-state index in [1.807, 2.05) is 36.4 Å². The van der Waals surface area contributed by atoms with Gasteiger partial charge in [0.05, 0.1) is 22.2 Å². The van der Waals surface area contributed by atoms with E-state index in [-0.39, 0.29) is 0 Å². The summed E-state index contributed by atoms with van der Waals surface area (Å²) in [7, 11) is 0. The lowest BCUT2D eigenvalue weighted by Crippen LogP contribution is -2.36. The fourth-order valence-electron chi connectivity index (χ4n) is 2.65. The SMILES string of the molecule is CC(C)N(c1ccc(N=Nc2ccc(N=C=S)cc2)cc1)C(C)C. The Labute approximate surface area is 149 Å². The molecule has 0 aliphatic rings. The topological polar surface area (TPSA) is 40.3 Å². The zero-order valence-corrected chi connectivity index (χ0v) is 15.3. The van der Waals surface area contributed by atoms with Gasteiger partial charge in [0.2, 0.25) is 0 Å². The van der Waals surface area contributed by atoms with Crippen molar-refractivity contribution < 1.29 is 0 Å². The van der Waals surface area contributed by atoms with Crippen LogP contribution in [0.5, 0.6) is 0 Å². The van der Waals surface area contributed by atoms with Gasteiger partial charge in [0.15, 0.2) is 0 Å². The van der Waals surface area contributed by atoms with Crippen LogP contribution in [0.15, 0.2) is 63.8 Å². The molecule has 0 aliphatic heterocycles. The molecule has 0 amide bonds. The first-order valence-electron chi connectivity index (χ1n) is 7.99. The number of hydrogen-bond acceptors (Lipinski definition) is 5. The Morgan fingerprint density at radius 3 is 1.58 bits per heavy atom. The van der Waals surface area contributed by atoms with Crippen molar-refractivity contribution in [2.24, 2.45) is 15.2 Å². The summed E-state index contributed by atoms with van der Waals surface area (Å²) in [5.41, 5.74) is 3.55. The highest BCUT2D eigenvalue weighted by atomic mass is 32.1.